The van der Waals surface area contributed by atoms with Crippen LogP contribution >= 0.6 is 0 Å². The van der Waals surface area contributed by atoms with Crippen molar-refractivity contribution in [2.75, 3.05) is 52.0 Å². The summed E-state index contributed by atoms with van der Waals surface area (Å²) in [5, 5.41) is 0. The molecule has 2 atom stereocenters. The van der Waals surface area contributed by atoms with Gasteiger partial charge >= 0.3 is 0 Å². The molecule has 32 heavy (non-hydrogen) atoms. The first-order valence-electron chi connectivity index (χ1n) is 11.6. The molecule has 2 fully saturated rings. The molecule has 0 saturated carbocycles. The number of benzene rings is 2. The van der Waals surface area contributed by atoms with Crippen LogP contribution in [0.3, 0.4) is 0 Å². The van der Waals surface area contributed by atoms with E-state index in [1.807, 2.05) is 12.1 Å². The first kappa shape index (κ1) is 22.9. The van der Waals surface area contributed by atoms with Gasteiger partial charge in [-0.25, -0.2) is 4.39 Å². The average Bonchev–Trinajstić information content (AvgIpc) is 2.82. The van der Waals surface area contributed by atoms with E-state index in [0.717, 1.165) is 31.1 Å². The van der Waals surface area contributed by atoms with Crippen LogP contribution < -0.4 is 14.4 Å². The van der Waals surface area contributed by atoms with E-state index in [2.05, 4.69) is 35.8 Å². The van der Waals surface area contributed by atoms with E-state index in [1.54, 1.807) is 7.11 Å². The van der Waals surface area contributed by atoms with Crippen molar-refractivity contribution in [2.45, 2.75) is 45.2 Å². The molecule has 174 valence electrons. The van der Waals surface area contributed by atoms with E-state index in [1.165, 1.54) is 49.1 Å². The van der Waals surface area contributed by atoms with Gasteiger partial charge in [0.25, 0.3) is 0 Å². The molecular weight excluding hydrogens is 407 g/mol. The highest BCUT2D eigenvalue weighted by Crippen LogP contribution is 2.40. The van der Waals surface area contributed by atoms with Crippen LogP contribution in [-0.4, -0.2) is 58.0 Å². The third-order valence-corrected chi connectivity index (χ3v) is 7.13. The molecule has 0 bridgehead atoms. The van der Waals surface area contributed by atoms with Crippen LogP contribution in [0, 0.1) is 19.7 Å². The standard InChI is InChI=1S/C26H35FN2O3/c1-18-19(2)25(32-15-14-30-3)11-9-22(18)24-7-5-6-21-17-28(12-13-29(21)24)20-8-10-23(27)26(16-20)31-4/h8-11,16,21,24H,5-7,12-15,17H2,1-4H3. The van der Waals surface area contributed by atoms with Gasteiger partial charge in [-0.3, -0.25) is 4.90 Å². The molecule has 0 radical (unpaired) electrons. The van der Waals surface area contributed by atoms with Gasteiger partial charge in [0.05, 0.1) is 13.7 Å². The van der Waals surface area contributed by atoms with Gasteiger partial charge in [0.2, 0.25) is 0 Å². The Morgan fingerprint density at radius 2 is 1.81 bits per heavy atom. The van der Waals surface area contributed by atoms with Crippen LogP contribution in [0.25, 0.3) is 0 Å². The van der Waals surface area contributed by atoms with Crippen LogP contribution in [-0.2, 0) is 4.74 Å². The third kappa shape index (κ3) is 4.57. The fourth-order valence-corrected chi connectivity index (χ4v) is 5.23. The number of piperidine rings is 1. The summed E-state index contributed by atoms with van der Waals surface area (Å²) in [7, 11) is 3.21. The Labute approximate surface area is 191 Å². The summed E-state index contributed by atoms with van der Waals surface area (Å²) in [6.07, 6.45) is 3.60. The first-order chi connectivity index (χ1) is 15.5. The second-order valence-electron chi connectivity index (χ2n) is 8.85. The topological polar surface area (TPSA) is 34.2 Å². The molecule has 2 saturated heterocycles. The third-order valence-electron chi connectivity index (χ3n) is 7.13. The Morgan fingerprint density at radius 1 is 0.969 bits per heavy atom. The van der Waals surface area contributed by atoms with Crippen molar-refractivity contribution in [3.63, 3.8) is 0 Å². The van der Waals surface area contributed by atoms with Crippen LogP contribution in [0.5, 0.6) is 11.5 Å². The minimum atomic E-state index is -0.312. The largest absolute Gasteiger partial charge is 0.494 e. The van der Waals surface area contributed by atoms with E-state index in [-0.39, 0.29) is 5.82 Å². The quantitative estimate of drug-likeness (QED) is 0.570. The van der Waals surface area contributed by atoms with Crippen molar-refractivity contribution in [3.8, 4) is 11.5 Å². The zero-order chi connectivity index (χ0) is 22.7. The van der Waals surface area contributed by atoms with Gasteiger partial charge in [-0.05, 0) is 68.0 Å². The lowest BCUT2D eigenvalue weighted by atomic mass is 9.86. The number of methoxy groups -OCH3 is 2. The maximum Gasteiger partial charge on any atom is 0.165 e. The molecule has 4 rings (SSSR count). The van der Waals surface area contributed by atoms with Gasteiger partial charge in [0.15, 0.2) is 11.6 Å². The normalized spacial score (nSPS) is 21.3. The SMILES string of the molecule is COCCOc1ccc(C2CCCC3CN(c4ccc(F)c(OC)c4)CCN32)c(C)c1C. The van der Waals surface area contributed by atoms with E-state index >= 15 is 0 Å². The van der Waals surface area contributed by atoms with E-state index in [0.29, 0.717) is 31.0 Å². The van der Waals surface area contributed by atoms with Crippen LogP contribution in [0.2, 0.25) is 0 Å². The summed E-state index contributed by atoms with van der Waals surface area (Å²) in [5.74, 6) is 0.948. The molecule has 0 aromatic heterocycles. The van der Waals surface area contributed by atoms with Gasteiger partial charge in [0, 0.05) is 50.6 Å². The lowest BCUT2D eigenvalue weighted by Crippen LogP contribution is -2.56. The van der Waals surface area contributed by atoms with Gasteiger partial charge in [-0.1, -0.05) is 6.07 Å². The number of anilines is 1. The number of nitrogens with zero attached hydrogens (tertiary/aromatic N) is 2. The zero-order valence-electron chi connectivity index (χ0n) is 19.7. The monoisotopic (exact) mass is 442 g/mol. The van der Waals surface area contributed by atoms with Crippen molar-refractivity contribution in [3.05, 3.63) is 52.8 Å². The van der Waals surface area contributed by atoms with Crippen molar-refractivity contribution >= 4 is 5.69 Å². The van der Waals surface area contributed by atoms with E-state index < -0.39 is 0 Å². The summed E-state index contributed by atoms with van der Waals surface area (Å²) in [6, 6.07) is 10.5. The lowest BCUT2D eigenvalue weighted by molar-refractivity contribution is 0.0712. The molecule has 2 aromatic carbocycles. The van der Waals surface area contributed by atoms with Gasteiger partial charge in [0.1, 0.15) is 12.4 Å². The van der Waals surface area contributed by atoms with Crippen LogP contribution in [0.15, 0.2) is 30.3 Å². The summed E-state index contributed by atoms with van der Waals surface area (Å²) >= 11 is 0. The maximum atomic E-state index is 13.9. The Hall–Kier alpha value is -2.31. The number of halogens is 1. The molecule has 0 amide bonds. The highest BCUT2D eigenvalue weighted by atomic mass is 19.1. The van der Waals surface area contributed by atoms with Gasteiger partial charge in [-0.15, -0.1) is 0 Å². The predicted octanol–water partition coefficient (Wildman–Crippen LogP) is 4.89. The fraction of sp³-hybridized carbons (Fsp3) is 0.538. The number of hydrogen-bond acceptors (Lipinski definition) is 5. The van der Waals surface area contributed by atoms with Crippen molar-refractivity contribution < 1.29 is 18.6 Å². The van der Waals surface area contributed by atoms with E-state index in [4.69, 9.17) is 14.2 Å². The van der Waals surface area contributed by atoms with Crippen molar-refractivity contribution in [1.29, 1.82) is 0 Å². The molecule has 0 N–H and O–H groups in total. The second kappa shape index (κ2) is 10.1. The average molecular weight is 443 g/mol. The van der Waals surface area contributed by atoms with Crippen LogP contribution in [0.1, 0.15) is 42.0 Å². The van der Waals surface area contributed by atoms with Gasteiger partial charge < -0.3 is 19.1 Å². The Kier molecular flexibility index (Phi) is 7.21. The lowest BCUT2D eigenvalue weighted by Gasteiger charge is -2.49. The second-order valence-corrected chi connectivity index (χ2v) is 8.85. The molecule has 2 aromatic rings. The summed E-state index contributed by atoms with van der Waals surface area (Å²) in [4.78, 5) is 5.06. The summed E-state index contributed by atoms with van der Waals surface area (Å²) < 4.78 is 30.1. The summed E-state index contributed by atoms with van der Waals surface area (Å²) in [5.41, 5.74) is 5.01. The van der Waals surface area contributed by atoms with Crippen molar-refractivity contribution in [2.24, 2.45) is 0 Å². The Morgan fingerprint density at radius 3 is 2.59 bits per heavy atom. The summed E-state index contributed by atoms with van der Waals surface area (Å²) in [6.45, 7) is 8.42. The number of piperazine rings is 1. The fourth-order valence-electron chi connectivity index (χ4n) is 5.23. The highest BCUT2D eigenvalue weighted by molar-refractivity contribution is 5.52. The number of ether oxygens (including phenoxy) is 3. The molecule has 2 unspecified atom stereocenters. The highest BCUT2D eigenvalue weighted by Gasteiger charge is 2.36. The minimum Gasteiger partial charge on any atom is -0.494 e. The number of hydrogen-bond donors (Lipinski definition) is 0. The molecule has 0 spiro atoms. The van der Waals surface area contributed by atoms with Crippen LogP contribution in [0.4, 0.5) is 10.1 Å². The molecular formula is C26H35FN2O3. The molecule has 2 aliphatic heterocycles. The first-order valence-corrected chi connectivity index (χ1v) is 11.6. The Balaban J connectivity index is 1.50. The van der Waals surface area contributed by atoms with Crippen molar-refractivity contribution in [1.82, 2.24) is 4.90 Å². The minimum absolute atomic E-state index is 0.311. The zero-order valence-corrected chi connectivity index (χ0v) is 19.7. The number of fused-ring (bicyclic) bond motifs is 1. The smallest absolute Gasteiger partial charge is 0.165 e. The molecule has 6 heteroatoms. The predicted molar refractivity (Wildman–Crippen MR) is 126 cm³/mol. The maximum absolute atomic E-state index is 13.9. The molecule has 2 aliphatic rings. The molecule has 0 aliphatic carbocycles. The van der Waals surface area contributed by atoms with E-state index in [9.17, 15) is 4.39 Å². The molecule has 2 heterocycles. The Bertz CT molecular complexity index is 936. The molecule has 5 nitrogen and oxygen atoms in total. The van der Waals surface area contributed by atoms with Gasteiger partial charge in [-0.2, -0.15) is 0 Å². The number of rotatable bonds is 7.